The molecule has 0 spiro atoms. The van der Waals surface area contributed by atoms with Crippen LogP contribution in [0, 0.1) is 5.82 Å². The van der Waals surface area contributed by atoms with E-state index in [1.807, 2.05) is 0 Å². The molecule has 0 aromatic heterocycles. The highest BCUT2D eigenvalue weighted by Crippen LogP contribution is 2.25. The molecule has 0 aliphatic carbocycles. The highest BCUT2D eigenvalue weighted by atomic mass is 35.5. The van der Waals surface area contributed by atoms with E-state index in [0.29, 0.717) is 0 Å². The molecule has 1 N–H and O–H groups in total. The molecule has 20 heavy (non-hydrogen) atoms. The molecule has 0 heterocycles. The Morgan fingerprint density at radius 3 is 2.50 bits per heavy atom. The van der Waals surface area contributed by atoms with Crippen LogP contribution in [0.15, 0.2) is 12.1 Å². The second kappa shape index (κ2) is 7.69. The summed E-state index contributed by atoms with van der Waals surface area (Å²) in [6, 6.07) is 2.19. The lowest BCUT2D eigenvalue weighted by atomic mass is 10.1. The molecule has 1 rings (SSSR count). The summed E-state index contributed by atoms with van der Waals surface area (Å²) in [5.41, 5.74) is 0.181. The van der Waals surface area contributed by atoms with Crippen LogP contribution in [0.25, 0.3) is 0 Å². The maximum atomic E-state index is 13.4. The number of carbonyl (C=O) groups excluding carboxylic acids is 2. The number of esters is 2. The van der Waals surface area contributed by atoms with Gasteiger partial charge in [0.25, 0.3) is 0 Å². The summed E-state index contributed by atoms with van der Waals surface area (Å²) >= 11 is 5.66. The Balaban J connectivity index is 2.94. The summed E-state index contributed by atoms with van der Waals surface area (Å²) < 4.78 is 23.0. The quantitative estimate of drug-likeness (QED) is 0.818. The average molecular weight is 304 g/mol. The van der Waals surface area contributed by atoms with Gasteiger partial charge in [-0.3, -0.25) is 4.79 Å². The van der Waals surface area contributed by atoms with E-state index in [9.17, 15) is 14.0 Å². The van der Waals surface area contributed by atoms with Crippen LogP contribution in [0.3, 0.4) is 0 Å². The van der Waals surface area contributed by atoms with E-state index in [0.717, 1.165) is 6.07 Å². The van der Waals surface area contributed by atoms with Crippen LogP contribution in [-0.4, -0.2) is 31.7 Å². The predicted octanol–water partition coefficient (Wildman–Crippen LogP) is 2.63. The molecule has 7 heteroatoms. The van der Waals surface area contributed by atoms with Gasteiger partial charge in [0.15, 0.2) is 0 Å². The molecule has 1 aromatic rings. The topological polar surface area (TPSA) is 64.6 Å². The number of hydrogen-bond acceptors (Lipinski definition) is 5. The number of hydrogen-bond donors (Lipinski definition) is 1. The minimum absolute atomic E-state index is 0.0296. The first-order chi connectivity index (χ1) is 9.49. The van der Waals surface area contributed by atoms with Gasteiger partial charge in [0.05, 0.1) is 29.5 Å². The summed E-state index contributed by atoms with van der Waals surface area (Å²) in [5.74, 6) is -1.94. The Kier molecular flexibility index (Phi) is 6.24. The van der Waals surface area contributed by atoms with Crippen LogP contribution in [0.4, 0.5) is 10.1 Å². The van der Waals surface area contributed by atoms with Gasteiger partial charge >= 0.3 is 11.9 Å². The first kappa shape index (κ1) is 16.2. The van der Waals surface area contributed by atoms with Crippen molar-refractivity contribution in [2.45, 2.75) is 13.8 Å². The van der Waals surface area contributed by atoms with E-state index in [-0.39, 0.29) is 36.0 Å². The zero-order valence-corrected chi connectivity index (χ0v) is 11.9. The van der Waals surface area contributed by atoms with Gasteiger partial charge in [-0.15, -0.1) is 0 Å². The Morgan fingerprint density at radius 2 is 1.90 bits per heavy atom. The van der Waals surface area contributed by atoms with E-state index in [2.05, 4.69) is 5.32 Å². The van der Waals surface area contributed by atoms with Crippen molar-refractivity contribution in [1.29, 1.82) is 0 Å². The van der Waals surface area contributed by atoms with E-state index in [4.69, 9.17) is 21.1 Å². The van der Waals surface area contributed by atoms with Crippen LogP contribution < -0.4 is 5.32 Å². The molecule has 0 aliphatic heterocycles. The van der Waals surface area contributed by atoms with Gasteiger partial charge in [-0.1, -0.05) is 11.6 Å². The molecular weight excluding hydrogens is 289 g/mol. The zero-order valence-electron chi connectivity index (χ0n) is 11.2. The van der Waals surface area contributed by atoms with Gasteiger partial charge in [-0.25, -0.2) is 9.18 Å². The third-order valence-corrected chi connectivity index (χ3v) is 2.57. The molecule has 0 bridgehead atoms. The number of halogens is 2. The average Bonchev–Trinajstić information content (AvgIpc) is 2.40. The molecule has 0 saturated heterocycles. The van der Waals surface area contributed by atoms with Crippen LogP contribution in [0.5, 0.6) is 0 Å². The molecule has 0 saturated carbocycles. The maximum absolute atomic E-state index is 13.4. The summed E-state index contributed by atoms with van der Waals surface area (Å²) in [6.07, 6.45) is 0. The Morgan fingerprint density at radius 1 is 1.25 bits per heavy atom. The van der Waals surface area contributed by atoms with Crippen LogP contribution in [0.1, 0.15) is 24.2 Å². The Hall–Kier alpha value is -1.82. The largest absolute Gasteiger partial charge is 0.465 e. The molecule has 5 nitrogen and oxygen atoms in total. The Bertz CT molecular complexity index is 507. The fraction of sp³-hybridized carbons (Fsp3) is 0.385. The van der Waals surface area contributed by atoms with Crippen molar-refractivity contribution in [1.82, 2.24) is 0 Å². The van der Waals surface area contributed by atoms with Crippen LogP contribution in [-0.2, 0) is 14.3 Å². The minimum atomic E-state index is -0.739. The zero-order chi connectivity index (χ0) is 15.1. The molecule has 0 aliphatic rings. The van der Waals surface area contributed by atoms with Gasteiger partial charge in [-0.05, 0) is 26.0 Å². The normalized spacial score (nSPS) is 10.0. The van der Waals surface area contributed by atoms with Gasteiger partial charge in [0.2, 0.25) is 0 Å². The second-order valence-electron chi connectivity index (χ2n) is 3.69. The monoisotopic (exact) mass is 303 g/mol. The van der Waals surface area contributed by atoms with E-state index in [1.165, 1.54) is 6.07 Å². The summed E-state index contributed by atoms with van der Waals surface area (Å²) in [7, 11) is 0. The maximum Gasteiger partial charge on any atom is 0.340 e. The fourth-order valence-electron chi connectivity index (χ4n) is 1.45. The van der Waals surface area contributed by atoms with Crippen molar-refractivity contribution in [3.63, 3.8) is 0 Å². The lowest BCUT2D eigenvalue weighted by molar-refractivity contribution is -0.140. The third kappa shape index (κ3) is 4.38. The van der Waals surface area contributed by atoms with E-state index in [1.54, 1.807) is 13.8 Å². The Labute approximate surface area is 121 Å². The number of nitrogens with one attached hydrogen (secondary N) is 1. The summed E-state index contributed by atoms with van der Waals surface area (Å²) in [4.78, 5) is 23.0. The minimum Gasteiger partial charge on any atom is -0.465 e. The van der Waals surface area contributed by atoms with Crippen molar-refractivity contribution >= 4 is 29.2 Å². The van der Waals surface area contributed by atoms with E-state index >= 15 is 0 Å². The predicted molar refractivity (Wildman–Crippen MR) is 72.5 cm³/mol. The number of anilines is 1. The number of benzene rings is 1. The number of ether oxygens (including phenoxy) is 2. The summed E-state index contributed by atoms with van der Waals surface area (Å²) in [5, 5.41) is 2.52. The lowest BCUT2D eigenvalue weighted by Gasteiger charge is -2.12. The van der Waals surface area contributed by atoms with Crippen molar-refractivity contribution in [3.05, 3.63) is 28.5 Å². The highest BCUT2D eigenvalue weighted by Gasteiger charge is 2.17. The smallest absolute Gasteiger partial charge is 0.340 e. The van der Waals surface area contributed by atoms with E-state index < -0.39 is 17.8 Å². The standard InChI is InChI=1S/C13H15ClFNO4/c1-3-19-12(17)7-16-11-6-9(14)10(15)5-8(11)13(18)20-4-2/h5-6,16H,3-4,7H2,1-2H3. The molecule has 0 radical (unpaired) electrons. The van der Waals surface area contributed by atoms with Crippen LogP contribution in [0.2, 0.25) is 5.02 Å². The van der Waals surface area contributed by atoms with Crippen molar-refractivity contribution in [2.75, 3.05) is 25.1 Å². The second-order valence-corrected chi connectivity index (χ2v) is 4.10. The van der Waals surface area contributed by atoms with Crippen LogP contribution >= 0.6 is 11.6 Å². The SMILES string of the molecule is CCOC(=O)CNc1cc(Cl)c(F)cc1C(=O)OCC. The first-order valence-corrected chi connectivity index (χ1v) is 6.43. The number of carbonyl (C=O) groups is 2. The molecule has 0 fully saturated rings. The number of rotatable bonds is 6. The third-order valence-electron chi connectivity index (χ3n) is 2.28. The van der Waals surface area contributed by atoms with Gasteiger partial charge in [0, 0.05) is 0 Å². The molecule has 0 amide bonds. The molecule has 1 aromatic carbocycles. The highest BCUT2D eigenvalue weighted by molar-refractivity contribution is 6.31. The fourth-order valence-corrected chi connectivity index (χ4v) is 1.61. The van der Waals surface area contributed by atoms with Gasteiger partial charge in [-0.2, -0.15) is 0 Å². The van der Waals surface area contributed by atoms with Crippen molar-refractivity contribution in [3.8, 4) is 0 Å². The van der Waals surface area contributed by atoms with Crippen molar-refractivity contribution in [2.24, 2.45) is 0 Å². The molecule has 0 unspecified atom stereocenters. The first-order valence-electron chi connectivity index (χ1n) is 6.05. The lowest BCUT2D eigenvalue weighted by Crippen LogP contribution is -2.19. The van der Waals surface area contributed by atoms with Crippen molar-refractivity contribution < 1.29 is 23.5 Å². The molecule has 0 atom stereocenters. The van der Waals surface area contributed by atoms with Gasteiger partial charge < -0.3 is 14.8 Å². The summed E-state index contributed by atoms with van der Waals surface area (Å²) in [6.45, 7) is 3.55. The molecule has 110 valence electrons. The molecular formula is C13H15ClFNO4. The van der Waals surface area contributed by atoms with Gasteiger partial charge in [0.1, 0.15) is 12.4 Å².